The predicted octanol–water partition coefficient (Wildman–Crippen LogP) is 1.02. The Morgan fingerprint density at radius 2 is 2.42 bits per heavy atom. The minimum absolute atomic E-state index is 0.00539. The first-order valence-electron chi connectivity index (χ1n) is 6.63. The standard InChI is InChI=1S/C13H20N4O2/c1-9-2-3-10(19-9)4-5-13(18)16-8-12-15-7-6-11(14)17-12/h6-7,9-10H,2-5,8H2,1H3,(H,16,18)(H2,14,15,17). The number of carbonyl (C=O) groups is 1. The Morgan fingerprint density at radius 3 is 3.11 bits per heavy atom. The number of hydrogen-bond acceptors (Lipinski definition) is 5. The van der Waals surface area contributed by atoms with Crippen LogP contribution in [0.1, 0.15) is 38.4 Å². The highest BCUT2D eigenvalue weighted by atomic mass is 16.5. The highest BCUT2D eigenvalue weighted by Crippen LogP contribution is 2.22. The fourth-order valence-corrected chi connectivity index (χ4v) is 2.16. The van der Waals surface area contributed by atoms with Gasteiger partial charge in [0.25, 0.3) is 0 Å². The summed E-state index contributed by atoms with van der Waals surface area (Å²) in [5.74, 6) is 0.931. The minimum Gasteiger partial charge on any atom is -0.384 e. The van der Waals surface area contributed by atoms with Crippen LogP contribution < -0.4 is 11.1 Å². The maximum absolute atomic E-state index is 11.7. The van der Waals surface area contributed by atoms with Crippen LogP contribution >= 0.6 is 0 Å². The Kier molecular flexibility index (Phi) is 4.68. The lowest BCUT2D eigenvalue weighted by atomic mass is 10.1. The zero-order valence-electron chi connectivity index (χ0n) is 11.1. The van der Waals surface area contributed by atoms with Crippen molar-refractivity contribution in [3.63, 3.8) is 0 Å². The second-order valence-electron chi connectivity index (χ2n) is 4.86. The van der Waals surface area contributed by atoms with E-state index < -0.39 is 0 Å². The lowest BCUT2D eigenvalue weighted by molar-refractivity contribution is -0.122. The lowest BCUT2D eigenvalue weighted by Gasteiger charge is -2.10. The number of aromatic nitrogens is 2. The number of nitrogen functional groups attached to an aromatic ring is 1. The molecule has 0 aliphatic carbocycles. The summed E-state index contributed by atoms with van der Waals surface area (Å²) >= 11 is 0. The average Bonchev–Trinajstić information content (AvgIpc) is 2.80. The van der Waals surface area contributed by atoms with Crippen LogP contribution in [-0.4, -0.2) is 28.1 Å². The number of nitrogens with one attached hydrogen (secondary N) is 1. The third kappa shape index (κ3) is 4.48. The van der Waals surface area contributed by atoms with Crippen LogP contribution in [0.5, 0.6) is 0 Å². The van der Waals surface area contributed by atoms with E-state index in [1.165, 1.54) is 0 Å². The summed E-state index contributed by atoms with van der Waals surface area (Å²) in [7, 11) is 0. The number of amides is 1. The normalized spacial score (nSPS) is 22.4. The van der Waals surface area contributed by atoms with E-state index in [2.05, 4.69) is 22.2 Å². The number of carbonyl (C=O) groups excluding carboxylic acids is 1. The van der Waals surface area contributed by atoms with Crippen molar-refractivity contribution in [3.05, 3.63) is 18.1 Å². The zero-order valence-corrected chi connectivity index (χ0v) is 11.1. The van der Waals surface area contributed by atoms with Crippen molar-refractivity contribution in [3.8, 4) is 0 Å². The fraction of sp³-hybridized carbons (Fsp3) is 0.615. The van der Waals surface area contributed by atoms with E-state index in [4.69, 9.17) is 10.5 Å². The van der Waals surface area contributed by atoms with E-state index in [1.54, 1.807) is 12.3 Å². The van der Waals surface area contributed by atoms with Crippen molar-refractivity contribution in [1.29, 1.82) is 0 Å². The lowest BCUT2D eigenvalue weighted by Crippen LogP contribution is -2.25. The molecular weight excluding hydrogens is 244 g/mol. The van der Waals surface area contributed by atoms with Crippen LogP contribution in [-0.2, 0) is 16.1 Å². The third-order valence-corrected chi connectivity index (χ3v) is 3.18. The monoisotopic (exact) mass is 264 g/mol. The van der Waals surface area contributed by atoms with Crippen LogP contribution in [0.15, 0.2) is 12.3 Å². The van der Waals surface area contributed by atoms with Gasteiger partial charge in [0.15, 0.2) is 0 Å². The Labute approximate surface area is 112 Å². The van der Waals surface area contributed by atoms with Gasteiger partial charge in [0, 0.05) is 12.6 Å². The summed E-state index contributed by atoms with van der Waals surface area (Å²) in [5.41, 5.74) is 5.54. The van der Waals surface area contributed by atoms with Gasteiger partial charge in [0.05, 0.1) is 18.8 Å². The third-order valence-electron chi connectivity index (χ3n) is 3.18. The SMILES string of the molecule is CC1CCC(CCC(=O)NCc2nccc(N)n2)O1. The highest BCUT2D eigenvalue weighted by molar-refractivity contribution is 5.75. The van der Waals surface area contributed by atoms with Gasteiger partial charge in [-0.15, -0.1) is 0 Å². The number of hydrogen-bond donors (Lipinski definition) is 2. The van der Waals surface area contributed by atoms with Gasteiger partial charge >= 0.3 is 0 Å². The van der Waals surface area contributed by atoms with Crippen molar-refractivity contribution in [2.24, 2.45) is 0 Å². The van der Waals surface area contributed by atoms with Crippen molar-refractivity contribution in [2.75, 3.05) is 5.73 Å². The van der Waals surface area contributed by atoms with Crippen molar-refractivity contribution < 1.29 is 9.53 Å². The molecule has 1 saturated heterocycles. The first-order valence-corrected chi connectivity index (χ1v) is 6.63. The van der Waals surface area contributed by atoms with E-state index in [9.17, 15) is 4.79 Å². The first kappa shape index (κ1) is 13.7. The molecule has 0 spiro atoms. The van der Waals surface area contributed by atoms with Gasteiger partial charge in [-0.05, 0) is 32.3 Å². The number of ether oxygens (including phenoxy) is 1. The maximum atomic E-state index is 11.7. The number of rotatable bonds is 5. The minimum atomic E-state index is -0.00539. The summed E-state index contributed by atoms with van der Waals surface area (Å²) < 4.78 is 5.67. The molecule has 6 heteroatoms. The van der Waals surface area contributed by atoms with E-state index in [0.29, 0.717) is 30.7 Å². The van der Waals surface area contributed by atoms with E-state index in [0.717, 1.165) is 19.3 Å². The number of nitrogens with two attached hydrogens (primary N) is 1. The molecule has 1 aliphatic heterocycles. The molecule has 0 radical (unpaired) electrons. The van der Waals surface area contributed by atoms with Gasteiger partial charge in [0.2, 0.25) is 5.91 Å². The quantitative estimate of drug-likeness (QED) is 0.828. The molecule has 104 valence electrons. The van der Waals surface area contributed by atoms with Crippen molar-refractivity contribution in [2.45, 2.75) is 51.4 Å². The summed E-state index contributed by atoms with van der Waals surface area (Å²) in [5, 5.41) is 2.79. The Bertz CT molecular complexity index is 438. The highest BCUT2D eigenvalue weighted by Gasteiger charge is 2.22. The van der Waals surface area contributed by atoms with Gasteiger partial charge in [-0.2, -0.15) is 0 Å². The van der Waals surface area contributed by atoms with Gasteiger partial charge in [-0.3, -0.25) is 4.79 Å². The van der Waals surface area contributed by atoms with Crippen molar-refractivity contribution in [1.82, 2.24) is 15.3 Å². The molecule has 0 saturated carbocycles. The number of anilines is 1. The van der Waals surface area contributed by atoms with Gasteiger partial charge in [-0.25, -0.2) is 9.97 Å². The molecule has 19 heavy (non-hydrogen) atoms. The molecule has 0 aromatic carbocycles. The summed E-state index contributed by atoms with van der Waals surface area (Å²) in [6.07, 6.45) is 5.51. The fourth-order valence-electron chi connectivity index (χ4n) is 2.16. The smallest absolute Gasteiger partial charge is 0.220 e. The zero-order chi connectivity index (χ0) is 13.7. The molecular formula is C13H20N4O2. The van der Waals surface area contributed by atoms with E-state index >= 15 is 0 Å². The van der Waals surface area contributed by atoms with Gasteiger partial charge < -0.3 is 15.8 Å². The molecule has 3 N–H and O–H groups in total. The van der Waals surface area contributed by atoms with Crippen LogP contribution in [0.4, 0.5) is 5.82 Å². The molecule has 6 nitrogen and oxygen atoms in total. The van der Waals surface area contributed by atoms with Gasteiger partial charge in [0.1, 0.15) is 11.6 Å². The van der Waals surface area contributed by atoms with E-state index in [1.807, 2.05) is 0 Å². The molecule has 1 amide bonds. The van der Waals surface area contributed by atoms with Gasteiger partial charge in [-0.1, -0.05) is 0 Å². The molecule has 2 rings (SSSR count). The van der Waals surface area contributed by atoms with Crippen LogP contribution in [0, 0.1) is 0 Å². The Hall–Kier alpha value is -1.69. The first-order chi connectivity index (χ1) is 9.13. The predicted molar refractivity (Wildman–Crippen MR) is 71.1 cm³/mol. The van der Waals surface area contributed by atoms with E-state index in [-0.39, 0.29) is 12.0 Å². The van der Waals surface area contributed by atoms with Crippen molar-refractivity contribution >= 4 is 11.7 Å². The molecule has 0 bridgehead atoms. The maximum Gasteiger partial charge on any atom is 0.220 e. The molecule has 1 aliphatic rings. The topological polar surface area (TPSA) is 90.1 Å². The second-order valence-corrected chi connectivity index (χ2v) is 4.86. The summed E-state index contributed by atoms with van der Waals surface area (Å²) in [4.78, 5) is 19.7. The molecule has 2 atom stereocenters. The largest absolute Gasteiger partial charge is 0.384 e. The second kappa shape index (κ2) is 6.47. The molecule has 1 fully saturated rings. The molecule has 2 unspecified atom stereocenters. The summed E-state index contributed by atoms with van der Waals surface area (Å²) in [6.45, 7) is 2.38. The van der Waals surface area contributed by atoms with Crippen LogP contribution in [0.3, 0.4) is 0 Å². The Morgan fingerprint density at radius 1 is 1.58 bits per heavy atom. The van der Waals surface area contributed by atoms with Crippen LogP contribution in [0.25, 0.3) is 0 Å². The average molecular weight is 264 g/mol. The molecule has 1 aromatic rings. The molecule has 2 heterocycles. The Balaban J connectivity index is 1.67. The summed E-state index contributed by atoms with van der Waals surface area (Å²) in [6, 6.07) is 1.62. The van der Waals surface area contributed by atoms with Crippen LogP contribution in [0.2, 0.25) is 0 Å². The molecule has 1 aromatic heterocycles. The number of nitrogens with zero attached hydrogens (tertiary/aromatic N) is 2.